The maximum absolute atomic E-state index is 11.2. The second-order valence-corrected chi connectivity index (χ2v) is 4.13. The van der Waals surface area contributed by atoms with Gasteiger partial charge in [0, 0.05) is 12.7 Å². The van der Waals surface area contributed by atoms with Crippen LogP contribution in [0.5, 0.6) is 0 Å². The quantitative estimate of drug-likeness (QED) is 0.701. The topological polar surface area (TPSA) is 83.8 Å². The number of aliphatic carboxylic acids is 1. The molecule has 1 rings (SSSR count). The van der Waals surface area contributed by atoms with E-state index in [0.29, 0.717) is 11.9 Å². The molecule has 94 valence electrons. The molecule has 1 aliphatic carbocycles. The van der Waals surface area contributed by atoms with Crippen molar-refractivity contribution in [3.8, 4) is 0 Å². The van der Waals surface area contributed by atoms with Gasteiger partial charge in [-0.25, -0.2) is 0 Å². The molecule has 0 saturated heterocycles. The number of hydrogen-bond donors (Lipinski definition) is 2. The zero-order valence-electron chi connectivity index (χ0n) is 10.0. The second-order valence-electron chi connectivity index (χ2n) is 4.13. The van der Waals surface area contributed by atoms with Gasteiger partial charge in [0.2, 0.25) is 0 Å². The summed E-state index contributed by atoms with van der Waals surface area (Å²) in [5, 5.41) is 19.7. The number of allylic oxidation sites excluding steroid dienone is 2. The maximum atomic E-state index is 11.2. The van der Waals surface area contributed by atoms with Gasteiger partial charge in [0.1, 0.15) is 17.8 Å². The highest BCUT2D eigenvalue weighted by molar-refractivity contribution is 5.84. The first-order valence-electron chi connectivity index (χ1n) is 5.21. The number of aliphatic hydroxyl groups is 1. The highest BCUT2D eigenvalue weighted by Crippen LogP contribution is 2.36. The monoisotopic (exact) mass is 240 g/mol. The molecule has 0 aliphatic heterocycles. The van der Waals surface area contributed by atoms with Crippen LogP contribution in [0, 0.1) is 5.92 Å². The van der Waals surface area contributed by atoms with Gasteiger partial charge in [-0.1, -0.05) is 12.2 Å². The molecule has 5 nitrogen and oxygen atoms in total. The molecule has 3 unspecified atom stereocenters. The normalized spacial score (nSPS) is 30.2. The summed E-state index contributed by atoms with van der Waals surface area (Å²) in [4.78, 5) is 21.9. The zero-order chi connectivity index (χ0) is 13.2. The molecule has 0 spiro atoms. The first-order valence-corrected chi connectivity index (χ1v) is 5.21. The van der Waals surface area contributed by atoms with Gasteiger partial charge in [0.15, 0.2) is 0 Å². The number of ether oxygens (including phenoxy) is 1. The summed E-state index contributed by atoms with van der Waals surface area (Å²) in [6.07, 6.45) is 2.60. The minimum Gasteiger partial charge on any atom is -0.481 e. The molecule has 5 heteroatoms. The summed E-state index contributed by atoms with van der Waals surface area (Å²) in [7, 11) is 1.40. The molecule has 2 N–H and O–H groups in total. The zero-order valence-corrected chi connectivity index (χ0v) is 10.0. The predicted octanol–water partition coefficient (Wildman–Crippen LogP) is 0.538. The summed E-state index contributed by atoms with van der Waals surface area (Å²) in [6, 6.07) is 0. The maximum Gasteiger partial charge on any atom is 0.313 e. The average molecular weight is 240 g/mol. The number of aldehydes is 1. The molecule has 0 heterocycles. The molecule has 0 amide bonds. The lowest BCUT2D eigenvalue weighted by atomic mass is 9.73. The van der Waals surface area contributed by atoms with Crippen LogP contribution in [-0.2, 0) is 14.3 Å². The van der Waals surface area contributed by atoms with Crippen LogP contribution in [0.2, 0.25) is 0 Å². The van der Waals surface area contributed by atoms with Crippen molar-refractivity contribution in [2.45, 2.75) is 25.6 Å². The highest BCUT2D eigenvalue weighted by Gasteiger charge is 2.48. The van der Waals surface area contributed by atoms with E-state index < -0.39 is 23.6 Å². The molecular formula is C12H16O5. The summed E-state index contributed by atoms with van der Waals surface area (Å²) in [6.45, 7) is 3.18. The Balaban J connectivity index is 3.29. The number of hydrogen-bond acceptors (Lipinski definition) is 4. The van der Waals surface area contributed by atoms with Crippen molar-refractivity contribution in [1.29, 1.82) is 0 Å². The third-order valence-corrected chi connectivity index (χ3v) is 3.22. The van der Waals surface area contributed by atoms with Crippen molar-refractivity contribution in [3.63, 3.8) is 0 Å². The summed E-state index contributed by atoms with van der Waals surface area (Å²) >= 11 is 0. The summed E-state index contributed by atoms with van der Waals surface area (Å²) in [5.74, 6) is -2.38. The SMILES string of the molecule is COC(C)C1(O)C(C)=CC(C=O)=CC1C(=O)O. The van der Waals surface area contributed by atoms with E-state index in [1.54, 1.807) is 13.8 Å². The first kappa shape index (κ1) is 13.6. The largest absolute Gasteiger partial charge is 0.481 e. The Bertz CT molecular complexity index is 396. The summed E-state index contributed by atoms with van der Waals surface area (Å²) in [5.41, 5.74) is -0.973. The van der Waals surface area contributed by atoms with E-state index >= 15 is 0 Å². The van der Waals surface area contributed by atoms with E-state index in [2.05, 4.69) is 0 Å². The van der Waals surface area contributed by atoms with Crippen LogP contribution in [0.3, 0.4) is 0 Å². The van der Waals surface area contributed by atoms with E-state index in [0.717, 1.165) is 0 Å². The van der Waals surface area contributed by atoms with Crippen molar-refractivity contribution in [1.82, 2.24) is 0 Å². The Morgan fingerprint density at radius 2 is 2.24 bits per heavy atom. The molecule has 0 fully saturated rings. The fraction of sp³-hybridized carbons (Fsp3) is 0.500. The lowest BCUT2D eigenvalue weighted by molar-refractivity contribution is -0.154. The van der Waals surface area contributed by atoms with Gasteiger partial charge < -0.3 is 14.9 Å². The minimum atomic E-state index is -1.63. The number of methoxy groups -OCH3 is 1. The van der Waals surface area contributed by atoms with E-state index in [1.165, 1.54) is 19.3 Å². The third kappa shape index (κ3) is 2.16. The van der Waals surface area contributed by atoms with Crippen LogP contribution in [0.15, 0.2) is 23.3 Å². The minimum absolute atomic E-state index is 0.253. The van der Waals surface area contributed by atoms with E-state index in [9.17, 15) is 14.7 Å². The fourth-order valence-electron chi connectivity index (χ4n) is 2.06. The van der Waals surface area contributed by atoms with Crippen LogP contribution in [-0.4, -0.2) is 41.3 Å². The van der Waals surface area contributed by atoms with Gasteiger partial charge in [-0.15, -0.1) is 0 Å². The third-order valence-electron chi connectivity index (χ3n) is 3.22. The Morgan fingerprint density at radius 3 is 2.65 bits per heavy atom. The van der Waals surface area contributed by atoms with Crippen molar-refractivity contribution in [2.24, 2.45) is 5.92 Å². The van der Waals surface area contributed by atoms with E-state index in [-0.39, 0.29) is 5.57 Å². The van der Waals surface area contributed by atoms with Crippen LogP contribution >= 0.6 is 0 Å². The lowest BCUT2D eigenvalue weighted by Gasteiger charge is -2.39. The van der Waals surface area contributed by atoms with Gasteiger partial charge in [-0.2, -0.15) is 0 Å². The smallest absolute Gasteiger partial charge is 0.313 e. The molecule has 17 heavy (non-hydrogen) atoms. The van der Waals surface area contributed by atoms with Crippen LogP contribution in [0.1, 0.15) is 13.8 Å². The molecule has 0 aromatic rings. The van der Waals surface area contributed by atoms with Crippen LogP contribution in [0.25, 0.3) is 0 Å². The van der Waals surface area contributed by atoms with Crippen molar-refractivity contribution in [2.75, 3.05) is 7.11 Å². The fourth-order valence-corrected chi connectivity index (χ4v) is 2.06. The molecule has 0 radical (unpaired) electrons. The Morgan fingerprint density at radius 1 is 1.65 bits per heavy atom. The number of rotatable bonds is 4. The van der Waals surface area contributed by atoms with Crippen LogP contribution in [0.4, 0.5) is 0 Å². The number of carboxylic acids is 1. The second kappa shape index (κ2) is 4.81. The van der Waals surface area contributed by atoms with Crippen molar-refractivity contribution >= 4 is 12.3 Å². The molecular weight excluding hydrogens is 224 g/mol. The lowest BCUT2D eigenvalue weighted by Crippen LogP contribution is -2.52. The molecule has 3 atom stereocenters. The van der Waals surface area contributed by atoms with E-state index in [1.807, 2.05) is 0 Å². The Hall–Kier alpha value is -1.46. The van der Waals surface area contributed by atoms with Gasteiger partial charge in [-0.05, 0) is 19.4 Å². The number of carbonyl (C=O) groups excluding carboxylic acids is 1. The first-order chi connectivity index (χ1) is 7.87. The number of carbonyl (C=O) groups is 2. The summed E-state index contributed by atoms with van der Waals surface area (Å²) < 4.78 is 5.04. The van der Waals surface area contributed by atoms with Gasteiger partial charge in [-0.3, -0.25) is 9.59 Å². The van der Waals surface area contributed by atoms with Gasteiger partial charge in [0.05, 0.1) is 6.10 Å². The molecule has 0 aromatic heterocycles. The molecule has 1 aliphatic rings. The van der Waals surface area contributed by atoms with Gasteiger partial charge in [0.25, 0.3) is 0 Å². The van der Waals surface area contributed by atoms with Crippen molar-refractivity contribution < 1.29 is 24.5 Å². The van der Waals surface area contributed by atoms with E-state index in [4.69, 9.17) is 9.84 Å². The Kier molecular flexibility index (Phi) is 3.85. The van der Waals surface area contributed by atoms with Crippen molar-refractivity contribution in [3.05, 3.63) is 23.3 Å². The molecule has 0 saturated carbocycles. The standard InChI is InChI=1S/C12H16O5/c1-7-4-9(6-13)5-10(11(14)15)12(7,16)8(2)17-3/h4-6,8,10,16H,1-3H3,(H,14,15). The molecule has 0 aromatic carbocycles. The average Bonchev–Trinajstić information content (AvgIpc) is 2.30. The highest BCUT2D eigenvalue weighted by atomic mass is 16.5. The number of carboxylic acid groups (broad SMARTS) is 1. The predicted molar refractivity (Wildman–Crippen MR) is 60.5 cm³/mol. The molecule has 0 bridgehead atoms. The van der Waals surface area contributed by atoms with Crippen LogP contribution < -0.4 is 0 Å². The Labute approximate surface area is 99.4 Å². The van der Waals surface area contributed by atoms with Gasteiger partial charge >= 0.3 is 5.97 Å².